The van der Waals surface area contributed by atoms with E-state index in [2.05, 4.69) is 39.3 Å². The molecule has 0 saturated carbocycles. The Labute approximate surface area is 136 Å². The number of carbonyl (C=O) groups excluding carboxylic acids is 1. The summed E-state index contributed by atoms with van der Waals surface area (Å²) in [5, 5.41) is 0. The molecule has 22 heavy (non-hydrogen) atoms. The molecule has 1 aromatic carbocycles. The molecular formula is C16H28O4Si2. The predicted molar refractivity (Wildman–Crippen MR) is 94.7 cm³/mol. The highest BCUT2D eigenvalue weighted by Crippen LogP contribution is 2.28. The van der Waals surface area contributed by atoms with Gasteiger partial charge in [-0.15, -0.1) is 0 Å². The van der Waals surface area contributed by atoms with E-state index < -0.39 is 16.6 Å². The minimum Gasteiger partial charge on any atom is -0.544 e. The van der Waals surface area contributed by atoms with Gasteiger partial charge in [-0.1, -0.05) is 0 Å². The van der Waals surface area contributed by atoms with Gasteiger partial charge in [0, 0.05) is 5.56 Å². The van der Waals surface area contributed by atoms with Crippen LogP contribution in [0.15, 0.2) is 18.2 Å². The van der Waals surface area contributed by atoms with Gasteiger partial charge < -0.3 is 13.6 Å². The lowest BCUT2D eigenvalue weighted by Crippen LogP contribution is -2.31. The average molecular weight is 341 g/mol. The van der Waals surface area contributed by atoms with Crippen LogP contribution in [-0.4, -0.2) is 29.2 Å². The summed E-state index contributed by atoms with van der Waals surface area (Å²) in [6.45, 7) is 14.9. The maximum Gasteiger partial charge on any atom is 0.310 e. The Morgan fingerprint density at radius 1 is 1.00 bits per heavy atom. The lowest BCUT2D eigenvalue weighted by Gasteiger charge is -2.24. The van der Waals surface area contributed by atoms with Gasteiger partial charge in [0.2, 0.25) is 16.6 Å². The van der Waals surface area contributed by atoms with E-state index >= 15 is 0 Å². The molecule has 0 aliphatic heterocycles. The first-order valence-corrected chi connectivity index (χ1v) is 14.5. The number of hydrogen-bond donors (Lipinski definition) is 0. The molecule has 1 rings (SSSR count). The molecule has 0 aliphatic rings. The molecule has 0 saturated heterocycles. The highest BCUT2D eigenvalue weighted by molar-refractivity contribution is 6.70. The highest BCUT2D eigenvalue weighted by Gasteiger charge is 2.21. The molecule has 0 aromatic heterocycles. The van der Waals surface area contributed by atoms with Gasteiger partial charge in [-0.05, 0) is 64.4 Å². The van der Waals surface area contributed by atoms with Crippen LogP contribution in [0.3, 0.4) is 0 Å². The van der Waals surface area contributed by atoms with Crippen molar-refractivity contribution in [3.63, 3.8) is 0 Å². The Morgan fingerprint density at radius 3 is 2.09 bits per heavy atom. The zero-order valence-corrected chi connectivity index (χ0v) is 16.8. The number of ether oxygens (including phenoxy) is 1. The van der Waals surface area contributed by atoms with E-state index in [1.807, 2.05) is 25.1 Å². The third-order valence-electron chi connectivity index (χ3n) is 2.51. The lowest BCUT2D eigenvalue weighted by atomic mass is 10.1. The molecular weight excluding hydrogens is 312 g/mol. The van der Waals surface area contributed by atoms with Crippen LogP contribution in [0.25, 0.3) is 0 Å². The smallest absolute Gasteiger partial charge is 0.310 e. The van der Waals surface area contributed by atoms with Crippen molar-refractivity contribution in [2.24, 2.45) is 0 Å². The van der Waals surface area contributed by atoms with Crippen LogP contribution < -0.4 is 8.85 Å². The van der Waals surface area contributed by atoms with Crippen molar-refractivity contribution in [2.75, 3.05) is 6.61 Å². The Hall–Kier alpha value is -1.28. The maximum absolute atomic E-state index is 11.8. The average Bonchev–Trinajstić information content (AvgIpc) is 2.29. The van der Waals surface area contributed by atoms with Crippen LogP contribution in [0.4, 0.5) is 0 Å². The summed E-state index contributed by atoms with van der Waals surface area (Å²) in [5.74, 6) is 1.31. The SMILES string of the molecule is CCOC(=O)Cc1cc(O[Si](C)(C)C)ccc1O[Si](C)(C)C. The summed E-state index contributed by atoms with van der Waals surface area (Å²) in [6.07, 6.45) is 0.205. The zero-order valence-electron chi connectivity index (χ0n) is 14.8. The summed E-state index contributed by atoms with van der Waals surface area (Å²) in [7, 11) is -3.44. The Kier molecular flexibility index (Phi) is 6.25. The van der Waals surface area contributed by atoms with Gasteiger partial charge in [0.15, 0.2) is 0 Å². The van der Waals surface area contributed by atoms with Gasteiger partial charge in [0.1, 0.15) is 11.5 Å². The first-order valence-electron chi connectivity index (χ1n) is 7.67. The number of esters is 1. The van der Waals surface area contributed by atoms with E-state index in [4.69, 9.17) is 13.6 Å². The normalized spacial score (nSPS) is 12.0. The predicted octanol–water partition coefficient (Wildman–Crippen LogP) is 4.22. The van der Waals surface area contributed by atoms with E-state index in [0.29, 0.717) is 6.61 Å². The molecule has 0 spiro atoms. The monoisotopic (exact) mass is 340 g/mol. The number of carbonyl (C=O) groups is 1. The van der Waals surface area contributed by atoms with Crippen molar-refractivity contribution < 1.29 is 18.4 Å². The van der Waals surface area contributed by atoms with Crippen LogP contribution in [-0.2, 0) is 16.0 Å². The molecule has 6 heteroatoms. The first kappa shape index (κ1) is 18.8. The van der Waals surface area contributed by atoms with Gasteiger partial charge >= 0.3 is 5.97 Å². The third kappa shape index (κ3) is 7.13. The van der Waals surface area contributed by atoms with Crippen molar-refractivity contribution in [2.45, 2.75) is 52.6 Å². The van der Waals surface area contributed by atoms with E-state index in [9.17, 15) is 4.79 Å². The second kappa shape index (κ2) is 7.33. The quantitative estimate of drug-likeness (QED) is 0.551. The number of hydrogen-bond acceptors (Lipinski definition) is 4. The van der Waals surface area contributed by atoms with Gasteiger partial charge in [-0.3, -0.25) is 4.79 Å². The summed E-state index contributed by atoms with van der Waals surface area (Å²) in [6, 6.07) is 5.73. The molecule has 0 aliphatic carbocycles. The van der Waals surface area contributed by atoms with Crippen molar-refractivity contribution >= 4 is 22.6 Å². The standard InChI is InChI=1S/C16H28O4Si2/c1-8-18-16(17)12-13-11-14(19-21(2,3)4)9-10-15(13)20-22(5,6)7/h9-11H,8,12H2,1-7H3. The zero-order chi connectivity index (χ0) is 17.0. The first-order chi connectivity index (χ1) is 10.00. The van der Waals surface area contributed by atoms with Gasteiger partial charge in [-0.2, -0.15) is 0 Å². The van der Waals surface area contributed by atoms with E-state index in [1.165, 1.54) is 0 Å². The fourth-order valence-corrected chi connectivity index (χ4v) is 3.60. The minimum absolute atomic E-state index is 0.205. The van der Waals surface area contributed by atoms with Crippen LogP contribution >= 0.6 is 0 Å². The van der Waals surface area contributed by atoms with Crippen molar-refractivity contribution in [1.29, 1.82) is 0 Å². The molecule has 0 N–H and O–H groups in total. The van der Waals surface area contributed by atoms with Crippen LogP contribution in [0.5, 0.6) is 11.5 Å². The van der Waals surface area contributed by atoms with Crippen LogP contribution in [0.1, 0.15) is 12.5 Å². The molecule has 0 heterocycles. The summed E-state index contributed by atoms with van der Waals surface area (Å²) in [4.78, 5) is 11.8. The van der Waals surface area contributed by atoms with Crippen molar-refractivity contribution in [1.82, 2.24) is 0 Å². The molecule has 0 atom stereocenters. The largest absolute Gasteiger partial charge is 0.544 e. The molecule has 0 bridgehead atoms. The molecule has 0 amide bonds. The van der Waals surface area contributed by atoms with Gasteiger partial charge in [0.25, 0.3) is 0 Å². The summed E-state index contributed by atoms with van der Waals surface area (Å²) < 4.78 is 17.2. The van der Waals surface area contributed by atoms with Gasteiger partial charge in [0.05, 0.1) is 13.0 Å². The van der Waals surface area contributed by atoms with Gasteiger partial charge in [-0.25, -0.2) is 0 Å². The fourth-order valence-electron chi connectivity index (χ4n) is 1.91. The van der Waals surface area contributed by atoms with Crippen molar-refractivity contribution in [3.05, 3.63) is 23.8 Å². The molecule has 0 radical (unpaired) electrons. The minimum atomic E-state index is -1.75. The Bertz CT molecular complexity index is 516. The molecule has 0 fully saturated rings. The second-order valence-corrected chi connectivity index (χ2v) is 16.0. The second-order valence-electron chi connectivity index (χ2n) is 7.18. The van der Waals surface area contributed by atoms with Crippen LogP contribution in [0, 0.1) is 0 Å². The summed E-state index contributed by atoms with van der Waals surface area (Å²) >= 11 is 0. The van der Waals surface area contributed by atoms with Crippen molar-refractivity contribution in [3.8, 4) is 11.5 Å². The Morgan fingerprint density at radius 2 is 1.59 bits per heavy atom. The molecule has 4 nitrogen and oxygen atoms in total. The van der Waals surface area contributed by atoms with E-state index in [1.54, 1.807) is 0 Å². The van der Waals surface area contributed by atoms with E-state index in [0.717, 1.165) is 17.1 Å². The highest BCUT2D eigenvalue weighted by atomic mass is 28.4. The summed E-state index contributed by atoms with van der Waals surface area (Å²) in [5.41, 5.74) is 0.830. The third-order valence-corrected chi connectivity index (χ3v) is 4.19. The number of rotatable bonds is 7. The molecule has 0 unspecified atom stereocenters. The van der Waals surface area contributed by atoms with Crippen LogP contribution in [0.2, 0.25) is 39.3 Å². The lowest BCUT2D eigenvalue weighted by molar-refractivity contribution is -0.142. The number of benzene rings is 1. The maximum atomic E-state index is 11.8. The molecule has 124 valence electrons. The molecule has 1 aromatic rings. The fraction of sp³-hybridized carbons (Fsp3) is 0.562. The topological polar surface area (TPSA) is 44.8 Å². The Balaban J connectivity index is 3.07. The van der Waals surface area contributed by atoms with E-state index in [-0.39, 0.29) is 12.4 Å².